The molecule has 0 N–H and O–H groups in total. The first-order chi connectivity index (χ1) is 15.3. The second kappa shape index (κ2) is 6.63. The highest BCUT2D eigenvalue weighted by Gasteiger charge is 2.24. The van der Waals surface area contributed by atoms with Gasteiger partial charge in [-0.1, -0.05) is 72.8 Å². The van der Waals surface area contributed by atoms with E-state index in [0.717, 1.165) is 18.4 Å². The van der Waals surface area contributed by atoms with Crippen molar-refractivity contribution in [1.82, 2.24) is 4.98 Å². The molecule has 0 saturated carbocycles. The van der Waals surface area contributed by atoms with Crippen LogP contribution >= 0.6 is 11.3 Å². The van der Waals surface area contributed by atoms with Gasteiger partial charge in [0.05, 0.1) is 5.52 Å². The molecule has 1 atom stereocenters. The number of aromatic nitrogens is 1. The van der Waals surface area contributed by atoms with Crippen LogP contribution in [0, 0.1) is 0 Å². The minimum atomic E-state index is 0.583. The summed E-state index contributed by atoms with van der Waals surface area (Å²) in [6.45, 7) is 0. The van der Waals surface area contributed by atoms with Crippen LogP contribution in [0.15, 0.2) is 84.9 Å². The zero-order valence-corrected chi connectivity index (χ0v) is 18.0. The van der Waals surface area contributed by atoms with Crippen molar-refractivity contribution >= 4 is 43.8 Å². The minimum Gasteiger partial charge on any atom is -0.237 e. The Kier molecular flexibility index (Phi) is 3.73. The highest BCUT2D eigenvalue weighted by Crippen LogP contribution is 2.42. The zero-order chi connectivity index (χ0) is 20.4. The topological polar surface area (TPSA) is 12.9 Å². The molecule has 3 aliphatic rings. The van der Waals surface area contributed by atoms with Crippen LogP contribution in [-0.2, 0) is 12.8 Å². The molecule has 0 saturated heterocycles. The fourth-order valence-corrected chi connectivity index (χ4v) is 6.62. The normalized spacial score (nSPS) is 16.3. The molecule has 0 aromatic heterocycles. The van der Waals surface area contributed by atoms with Gasteiger partial charge < -0.3 is 0 Å². The molecular formula is C29H21NS. The summed E-state index contributed by atoms with van der Waals surface area (Å²) in [5.74, 6) is 0.583. The summed E-state index contributed by atoms with van der Waals surface area (Å²) >= 11 is 1.89. The van der Waals surface area contributed by atoms with Gasteiger partial charge in [-0.3, -0.25) is 0 Å². The average molecular weight is 416 g/mol. The van der Waals surface area contributed by atoms with E-state index in [4.69, 9.17) is 4.98 Å². The number of fused-ring (bicyclic) bond motifs is 8. The van der Waals surface area contributed by atoms with E-state index in [2.05, 4.69) is 84.9 Å². The number of aryl methyl sites for hydroxylation is 1. The molecule has 0 bridgehead atoms. The summed E-state index contributed by atoms with van der Waals surface area (Å²) in [6, 6.07) is 31.2. The van der Waals surface area contributed by atoms with E-state index in [0.29, 0.717) is 5.92 Å². The maximum absolute atomic E-state index is 4.90. The third kappa shape index (κ3) is 2.65. The maximum atomic E-state index is 4.90. The van der Waals surface area contributed by atoms with Crippen LogP contribution in [-0.4, -0.2) is 4.98 Å². The Bertz CT molecular complexity index is 1570. The number of para-hydroxylation sites is 1. The molecule has 2 heteroatoms. The molecule has 0 fully saturated rings. The molecule has 1 nitrogen and oxygen atoms in total. The van der Waals surface area contributed by atoms with Gasteiger partial charge in [-0.15, -0.1) is 11.3 Å². The molecular weight excluding hydrogens is 394 g/mol. The highest BCUT2D eigenvalue weighted by atomic mass is 32.1. The van der Waals surface area contributed by atoms with E-state index in [9.17, 15) is 0 Å². The SMILES string of the molecule is c1ccc2c(c1)ccc1c3c(ccc12)CC(c1ccc2c4ccccc4nc-2s1)CC3. The van der Waals surface area contributed by atoms with Crippen molar-refractivity contribution in [1.29, 1.82) is 0 Å². The summed E-state index contributed by atoms with van der Waals surface area (Å²) in [7, 11) is 0. The van der Waals surface area contributed by atoms with Crippen molar-refractivity contribution in [3.8, 4) is 10.6 Å². The van der Waals surface area contributed by atoms with Gasteiger partial charge in [0, 0.05) is 15.8 Å². The fraction of sp³-hybridized carbons (Fsp3) is 0.138. The Morgan fingerprint density at radius 1 is 0.710 bits per heavy atom. The summed E-state index contributed by atoms with van der Waals surface area (Å²) < 4.78 is 0. The molecule has 1 unspecified atom stereocenters. The molecule has 4 aromatic rings. The molecule has 2 heterocycles. The van der Waals surface area contributed by atoms with Gasteiger partial charge in [0.1, 0.15) is 5.01 Å². The maximum Gasteiger partial charge on any atom is 0.124 e. The van der Waals surface area contributed by atoms with Crippen molar-refractivity contribution in [2.45, 2.75) is 25.2 Å². The van der Waals surface area contributed by atoms with Crippen LogP contribution in [0.5, 0.6) is 0 Å². The number of benzene rings is 4. The van der Waals surface area contributed by atoms with Gasteiger partial charge in [0.15, 0.2) is 0 Å². The highest BCUT2D eigenvalue weighted by molar-refractivity contribution is 7.15. The van der Waals surface area contributed by atoms with Gasteiger partial charge in [0.2, 0.25) is 0 Å². The van der Waals surface area contributed by atoms with Gasteiger partial charge in [-0.05, 0) is 70.0 Å². The van der Waals surface area contributed by atoms with Crippen LogP contribution in [0.25, 0.3) is 43.0 Å². The quantitative estimate of drug-likeness (QED) is 0.248. The minimum absolute atomic E-state index is 0.583. The molecule has 31 heavy (non-hydrogen) atoms. The van der Waals surface area contributed by atoms with Crippen molar-refractivity contribution in [3.63, 3.8) is 0 Å². The second-order valence-corrected chi connectivity index (χ2v) is 9.77. The monoisotopic (exact) mass is 415 g/mol. The summed E-state index contributed by atoms with van der Waals surface area (Å²) in [4.78, 5) is 6.38. The standard InChI is InChI=1S/C29H21NS/c1-2-6-21-18(5-1)9-13-24-22-12-11-20(17-19(22)10-14-23(21)24)28-16-15-26-25-7-3-4-8-27(25)30-29(26)31-28/h1-10,13-16,20H,11-12,17H2. The first-order valence-electron chi connectivity index (χ1n) is 11.1. The molecule has 0 radical (unpaired) electrons. The van der Waals surface area contributed by atoms with Gasteiger partial charge >= 0.3 is 0 Å². The third-order valence-corrected chi connectivity index (χ3v) is 8.23. The van der Waals surface area contributed by atoms with E-state index in [1.165, 1.54) is 54.4 Å². The first kappa shape index (κ1) is 17.5. The summed E-state index contributed by atoms with van der Waals surface area (Å²) in [6.07, 6.45) is 3.48. The van der Waals surface area contributed by atoms with Gasteiger partial charge in [-0.2, -0.15) is 0 Å². The predicted octanol–water partition coefficient (Wildman–Crippen LogP) is 7.98. The van der Waals surface area contributed by atoms with Crippen molar-refractivity contribution in [2.24, 2.45) is 0 Å². The molecule has 2 aliphatic heterocycles. The van der Waals surface area contributed by atoms with E-state index in [1.807, 2.05) is 11.3 Å². The van der Waals surface area contributed by atoms with Crippen molar-refractivity contribution < 1.29 is 0 Å². The average Bonchev–Trinajstić information content (AvgIpc) is 3.21. The van der Waals surface area contributed by atoms with Gasteiger partial charge in [0.25, 0.3) is 0 Å². The number of rotatable bonds is 1. The predicted molar refractivity (Wildman–Crippen MR) is 132 cm³/mol. The lowest BCUT2D eigenvalue weighted by molar-refractivity contribution is 0.596. The zero-order valence-electron chi connectivity index (χ0n) is 17.1. The number of hydrogen-bond acceptors (Lipinski definition) is 2. The van der Waals surface area contributed by atoms with Crippen LogP contribution in [0.3, 0.4) is 0 Å². The van der Waals surface area contributed by atoms with E-state index in [1.54, 1.807) is 5.56 Å². The van der Waals surface area contributed by atoms with E-state index >= 15 is 0 Å². The Hall–Kier alpha value is -3.23. The van der Waals surface area contributed by atoms with Crippen LogP contribution in [0.4, 0.5) is 0 Å². The molecule has 0 spiro atoms. The number of nitrogens with zero attached hydrogens (tertiary/aromatic N) is 1. The Morgan fingerprint density at radius 2 is 1.55 bits per heavy atom. The lowest BCUT2D eigenvalue weighted by atomic mass is 9.80. The third-order valence-electron chi connectivity index (χ3n) is 7.02. The van der Waals surface area contributed by atoms with Crippen LogP contribution in [0.2, 0.25) is 0 Å². The van der Waals surface area contributed by atoms with E-state index < -0.39 is 0 Å². The van der Waals surface area contributed by atoms with E-state index in [-0.39, 0.29) is 0 Å². The van der Waals surface area contributed by atoms with Gasteiger partial charge in [-0.25, -0.2) is 4.98 Å². The Morgan fingerprint density at radius 3 is 2.52 bits per heavy atom. The molecule has 4 aromatic carbocycles. The Balaban J connectivity index is 1.30. The Labute approximate surface area is 185 Å². The fourth-order valence-electron chi connectivity index (χ4n) is 5.46. The lowest BCUT2D eigenvalue weighted by Gasteiger charge is -2.26. The van der Waals surface area contributed by atoms with Crippen molar-refractivity contribution in [2.75, 3.05) is 0 Å². The van der Waals surface area contributed by atoms with Crippen molar-refractivity contribution in [3.05, 3.63) is 101 Å². The molecule has 148 valence electrons. The van der Waals surface area contributed by atoms with Crippen LogP contribution in [0.1, 0.15) is 28.3 Å². The summed E-state index contributed by atoms with van der Waals surface area (Å²) in [5.41, 5.74) is 5.48. The first-order valence-corrected chi connectivity index (χ1v) is 11.9. The molecule has 0 amide bonds. The lowest BCUT2D eigenvalue weighted by Crippen LogP contribution is -2.12. The molecule has 1 aliphatic carbocycles. The second-order valence-electron chi connectivity index (χ2n) is 8.71. The van der Waals surface area contributed by atoms with Crippen LogP contribution < -0.4 is 0 Å². The number of hydrogen-bond donors (Lipinski definition) is 0. The molecule has 7 rings (SSSR count). The largest absolute Gasteiger partial charge is 0.237 e. The summed E-state index contributed by atoms with van der Waals surface area (Å²) in [5, 5.41) is 7.98. The smallest absolute Gasteiger partial charge is 0.124 e.